The summed E-state index contributed by atoms with van der Waals surface area (Å²) in [5.74, 6) is -0.241. The minimum Gasteiger partial charge on any atom is -0.505 e. The molecule has 0 unspecified atom stereocenters. The van der Waals surface area contributed by atoms with Crippen LogP contribution >= 0.6 is 0 Å². The molecule has 30 heavy (non-hydrogen) atoms. The molecule has 1 amide bonds. The zero-order chi connectivity index (χ0) is 21.7. The highest BCUT2D eigenvalue weighted by Gasteiger charge is 2.29. The fraction of sp³-hybridized carbons (Fsp3) is 0.304. The minimum atomic E-state index is -0.360. The molecule has 1 heterocycles. The largest absolute Gasteiger partial charge is 0.505 e. The average Bonchev–Trinajstić information content (AvgIpc) is 3.00. The maximum atomic E-state index is 12.4. The average molecular weight is 403 g/mol. The van der Waals surface area contributed by atoms with Gasteiger partial charge in [-0.3, -0.25) is 10.2 Å². The molecule has 0 radical (unpaired) electrons. The second kappa shape index (κ2) is 9.23. The number of hydrogen-bond acceptors (Lipinski definition) is 6. The van der Waals surface area contributed by atoms with Crippen LogP contribution in [0.4, 0.5) is 5.69 Å². The van der Waals surface area contributed by atoms with Crippen LogP contribution < -0.4 is 5.43 Å². The molecule has 0 atom stereocenters. The van der Waals surface area contributed by atoms with Crippen molar-refractivity contribution in [3.63, 3.8) is 0 Å². The van der Waals surface area contributed by atoms with Crippen molar-refractivity contribution >= 4 is 23.0 Å². The van der Waals surface area contributed by atoms with E-state index in [1.165, 1.54) is 21.7 Å². The number of hydrogen-bond donors (Lipinski definition) is 2. The predicted molar refractivity (Wildman–Crippen MR) is 118 cm³/mol. The van der Waals surface area contributed by atoms with Crippen LogP contribution in [-0.4, -0.2) is 34.0 Å². The molecule has 2 N–H and O–H groups in total. The standard InChI is InChI=1S/C23H25N5O2/c1-15-8-9-16(2)19(14-15)11-10-18-6-4-7-20(22(18)29)25-26-21-17(3)27-28(23(21)30)13-5-12-24/h4,6-9,14,25,29H,5,10-11,13H2,1-3H3/b26-21-. The monoisotopic (exact) mass is 403 g/mol. The second-order valence-corrected chi connectivity index (χ2v) is 7.34. The van der Waals surface area contributed by atoms with Crippen LogP contribution in [0.5, 0.6) is 5.75 Å². The summed E-state index contributed by atoms with van der Waals surface area (Å²) in [5, 5.41) is 28.9. The van der Waals surface area contributed by atoms with Crippen molar-refractivity contribution in [2.45, 2.75) is 40.0 Å². The third-order valence-corrected chi connectivity index (χ3v) is 5.06. The van der Waals surface area contributed by atoms with E-state index in [-0.39, 0.29) is 30.3 Å². The fourth-order valence-corrected chi connectivity index (χ4v) is 3.33. The number of nitriles is 1. The summed E-state index contributed by atoms with van der Waals surface area (Å²) < 4.78 is 0. The molecule has 0 spiro atoms. The number of anilines is 1. The van der Waals surface area contributed by atoms with Crippen LogP contribution in [0.1, 0.15) is 35.6 Å². The molecule has 3 rings (SSSR count). The van der Waals surface area contributed by atoms with Crippen LogP contribution in [0.2, 0.25) is 0 Å². The number of aromatic hydroxyl groups is 1. The molecular weight excluding hydrogens is 378 g/mol. The van der Waals surface area contributed by atoms with Gasteiger partial charge in [0.15, 0.2) is 5.71 Å². The molecule has 0 aromatic heterocycles. The van der Waals surface area contributed by atoms with Gasteiger partial charge >= 0.3 is 0 Å². The number of amides is 1. The third-order valence-electron chi connectivity index (χ3n) is 5.06. The van der Waals surface area contributed by atoms with E-state index in [0.717, 1.165) is 12.0 Å². The first-order chi connectivity index (χ1) is 14.4. The number of nitrogens with zero attached hydrogens (tertiary/aromatic N) is 4. The number of rotatable bonds is 7. The molecule has 0 saturated heterocycles. The molecule has 1 aliphatic heterocycles. The summed E-state index contributed by atoms with van der Waals surface area (Å²) in [7, 11) is 0. The molecule has 1 aliphatic rings. The maximum Gasteiger partial charge on any atom is 0.296 e. The van der Waals surface area contributed by atoms with Gasteiger partial charge in [0.25, 0.3) is 5.91 Å². The lowest BCUT2D eigenvalue weighted by molar-refractivity contribution is -0.123. The van der Waals surface area contributed by atoms with Gasteiger partial charge in [-0.25, -0.2) is 5.01 Å². The number of phenolic OH excluding ortho intramolecular Hbond substituents is 1. The lowest BCUT2D eigenvalue weighted by Crippen LogP contribution is -2.28. The summed E-state index contributed by atoms with van der Waals surface area (Å²) >= 11 is 0. The van der Waals surface area contributed by atoms with E-state index >= 15 is 0 Å². The van der Waals surface area contributed by atoms with E-state index in [1.54, 1.807) is 13.0 Å². The van der Waals surface area contributed by atoms with Gasteiger partial charge in [-0.05, 0) is 56.4 Å². The summed E-state index contributed by atoms with van der Waals surface area (Å²) in [6.07, 6.45) is 1.70. The molecule has 0 fully saturated rings. The van der Waals surface area contributed by atoms with Crippen molar-refractivity contribution in [2.75, 3.05) is 12.0 Å². The zero-order valence-electron chi connectivity index (χ0n) is 17.4. The van der Waals surface area contributed by atoms with Crippen LogP contribution in [0.15, 0.2) is 46.6 Å². The van der Waals surface area contributed by atoms with E-state index in [9.17, 15) is 9.90 Å². The Labute approximate surface area is 176 Å². The first kappa shape index (κ1) is 21.1. The van der Waals surface area contributed by atoms with Gasteiger partial charge in [-0.2, -0.15) is 15.5 Å². The maximum absolute atomic E-state index is 12.4. The zero-order valence-corrected chi connectivity index (χ0v) is 17.4. The highest BCUT2D eigenvalue weighted by molar-refractivity contribution is 6.68. The number of hydrazone groups is 2. The number of phenols is 1. The van der Waals surface area contributed by atoms with Crippen LogP contribution in [0, 0.1) is 25.2 Å². The minimum absolute atomic E-state index is 0.119. The van der Waals surface area contributed by atoms with Crippen LogP contribution in [0.3, 0.4) is 0 Å². The van der Waals surface area contributed by atoms with Gasteiger partial charge in [0.05, 0.1) is 30.4 Å². The Kier molecular flexibility index (Phi) is 6.48. The van der Waals surface area contributed by atoms with Gasteiger partial charge in [0.1, 0.15) is 5.75 Å². The predicted octanol–water partition coefficient (Wildman–Crippen LogP) is 3.69. The Morgan fingerprint density at radius 1 is 1.17 bits per heavy atom. The number of aryl methyl sites for hydroxylation is 4. The van der Waals surface area contributed by atoms with E-state index in [1.807, 2.05) is 18.2 Å². The van der Waals surface area contributed by atoms with Gasteiger partial charge in [-0.1, -0.05) is 35.9 Å². The fourth-order valence-electron chi connectivity index (χ4n) is 3.33. The second-order valence-electron chi connectivity index (χ2n) is 7.34. The number of nitrogens with one attached hydrogen (secondary N) is 1. The molecule has 7 nitrogen and oxygen atoms in total. The first-order valence-corrected chi connectivity index (χ1v) is 9.85. The first-order valence-electron chi connectivity index (χ1n) is 9.85. The number of benzene rings is 2. The Balaban J connectivity index is 1.72. The summed E-state index contributed by atoms with van der Waals surface area (Å²) in [5.41, 5.74) is 8.38. The number of carbonyl (C=O) groups excluding carboxylic acids is 1. The molecular formula is C23H25N5O2. The van der Waals surface area contributed by atoms with E-state index in [4.69, 9.17) is 5.26 Å². The van der Waals surface area contributed by atoms with E-state index in [0.29, 0.717) is 17.8 Å². The Bertz CT molecular complexity index is 1070. The van der Waals surface area contributed by atoms with Crippen LogP contribution in [0.25, 0.3) is 0 Å². The molecule has 2 aromatic rings. The Morgan fingerprint density at radius 2 is 1.93 bits per heavy atom. The van der Waals surface area contributed by atoms with Gasteiger partial charge in [-0.15, -0.1) is 0 Å². The molecule has 0 saturated carbocycles. The van der Waals surface area contributed by atoms with Crippen molar-refractivity contribution in [1.29, 1.82) is 5.26 Å². The van der Waals surface area contributed by atoms with E-state index in [2.05, 4.69) is 47.7 Å². The quantitative estimate of drug-likeness (QED) is 0.544. The third kappa shape index (κ3) is 4.66. The SMILES string of the molecule is CC1=NN(CCC#N)C(=O)/C1=N\Nc1cccc(CCc2cc(C)ccc2C)c1O. The van der Waals surface area contributed by atoms with E-state index < -0.39 is 0 Å². The van der Waals surface area contributed by atoms with Crippen LogP contribution in [-0.2, 0) is 17.6 Å². The lowest BCUT2D eigenvalue weighted by atomic mass is 9.98. The Morgan fingerprint density at radius 3 is 2.70 bits per heavy atom. The van der Waals surface area contributed by atoms with Crippen molar-refractivity contribution in [1.82, 2.24) is 5.01 Å². The molecule has 0 aliphatic carbocycles. The highest BCUT2D eigenvalue weighted by Crippen LogP contribution is 2.29. The topological polar surface area (TPSA) is 101 Å². The van der Waals surface area contributed by atoms with Gasteiger partial charge in [0, 0.05) is 0 Å². The van der Waals surface area contributed by atoms with Gasteiger partial charge in [0.2, 0.25) is 0 Å². The van der Waals surface area contributed by atoms with Crippen molar-refractivity contribution < 1.29 is 9.90 Å². The highest BCUT2D eigenvalue weighted by atomic mass is 16.3. The number of para-hydroxylation sites is 1. The molecule has 2 aromatic carbocycles. The summed E-state index contributed by atoms with van der Waals surface area (Å²) in [6, 6.07) is 13.8. The lowest BCUT2D eigenvalue weighted by Gasteiger charge is -2.11. The normalized spacial score (nSPS) is 14.7. The van der Waals surface area contributed by atoms with Crippen molar-refractivity contribution in [2.24, 2.45) is 10.2 Å². The Hall–Kier alpha value is -3.66. The van der Waals surface area contributed by atoms with Gasteiger partial charge < -0.3 is 5.11 Å². The smallest absolute Gasteiger partial charge is 0.296 e. The number of carbonyl (C=O) groups is 1. The van der Waals surface area contributed by atoms with Crippen molar-refractivity contribution in [3.8, 4) is 11.8 Å². The molecule has 7 heteroatoms. The molecule has 0 bridgehead atoms. The van der Waals surface area contributed by atoms with Crippen molar-refractivity contribution in [3.05, 3.63) is 58.7 Å². The molecule has 154 valence electrons. The summed E-state index contributed by atoms with van der Waals surface area (Å²) in [4.78, 5) is 12.4. The summed E-state index contributed by atoms with van der Waals surface area (Å²) in [6.45, 7) is 6.07.